The van der Waals surface area contributed by atoms with Crippen LogP contribution in [-0.4, -0.2) is 36.4 Å². The fourth-order valence-corrected chi connectivity index (χ4v) is 4.59. The Morgan fingerprint density at radius 2 is 0.955 bits per heavy atom. The molecule has 0 amide bonds. The monoisotopic (exact) mass is 614 g/mol. The van der Waals surface area contributed by atoms with Gasteiger partial charge in [-0.15, -0.1) is 0 Å². The van der Waals surface area contributed by atoms with Crippen LogP contribution in [0.4, 0.5) is 0 Å². The molecule has 0 spiro atoms. The number of hydrogen-bond donors (Lipinski definition) is 1. The molecule has 0 rings (SSSR count). The molecule has 0 aromatic carbocycles. The quantitative estimate of drug-likeness (QED) is 0.0478. The molecule has 0 radical (unpaired) electrons. The first-order valence-corrected chi connectivity index (χ1v) is 17.8. The molecule has 0 heterocycles. The van der Waals surface area contributed by atoms with Gasteiger partial charge in [-0.1, -0.05) is 152 Å². The number of ether oxygens (including phenoxy) is 2. The molecule has 44 heavy (non-hydrogen) atoms. The van der Waals surface area contributed by atoms with Crippen molar-refractivity contribution in [2.45, 2.75) is 161 Å². The van der Waals surface area contributed by atoms with Crippen LogP contribution in [0.2, 0.25) is 0 Å². The standard InChI is InChI=1S/C39H66O5/c1-3-5-7-9-11-13-15-16-17-18-19-20-21-22-24-25-27-29-31-33-38(41)43-36-37(35-40)44-39(42)34-32-30-28-26-23-14-12-10-8-6-4-2/h11,13,16-17,19-20,22,24,27,29,37,40H,3-10,12,14-15,18,21,23,25-26,28,30-36H2,1-2H3/b13-11-,17-16-,20-19-,24-22-,29-27-/t37-/m0/s1. The van der Waals surface area contributed by atoms with Crippen LogP contribution in [-0.2, 0) is 19.1 Å². The van der Waals surface area contributed by atoms with E-state index in [4.69, 9.17) is 9.47 Å². The molecule has 0 saturated carbocycles. The van der Waals surface area contributed by atoms with E-state index in [9.17, 15) is 14.7 Å². The summed E-state index contributed by atoms with van der Waals surface area (Å²) in [5.74, 6) is -0.692. The van der Waals surface area contributed by atoms with Crippen LogP contribution in [0.25, 0.3) is 0 Å². The van der Waals surface area contributed by atoms with E-state index in [0.717, 1.165) is 44.9 Å². The number of aliphatic hydroxyl groups excluding tert-OH is 1. The Hall–Kier alpha value is -2.40. The van der Waals surface area contributed by atoms with Crippen LogP contribution >= 0.6 is 0 Å². The van der Waals surface area contributed by atoms with E-state index in [-0.39, 0.29) is 31.6 Å². The van der Waals surface area contributed by atoms with E-state index in [2.05, 4.69) is 62.5 Å². The summed E-state index contributed by atoms with van der Waals surface area (Å²) in [6, 6.07) is 0. The molecule has 0 aliphatic rings. The summed E-state index contributed by atoms with van der Waals surface area (Å²) < 4.78 is 10.5. The van der Waals surface area contributed by atoms with Crippen molar-refractivity contribution < 1.29 is 24.2 Å². The summed E-state index contributed by atoms with van der Waals surface area (Å²) >= 11 is 0. The predicted octanol–water partition coefficient (Wildman–Crippen LogP) is 10.8. The summed E-state index contributed by atoms with van der Waals surface area (Å²) in [5, 5.41) is 9.50. The number of allylic oxidation sites excluding steroid dienone is 10. The number of rotatable bonds is 31. The van der Waals surface area contributed by atoms with E-state index in [1.807, 2.05) is 12.2 Å². The van der Waals surface area contributed by atoms with Gasteiger partial charge in [0.2, 0.25) is 0 Å². The van der Waals surface area contributed by atoms with Crippen molar-refractivity contribution in [3.05, 3.63) is 60.8 Å². The maximum atomic E-state index is 12.1. The Kier molecular flexibility index (Phi) is 33.2. The van der Waals surface area contributed by atoms with Gasteiger partial charge in [-0.05, 0) is 51.4 Å². The number of aliphatic hydroxyl groups is 1. The van der Waals surface area contributed by atoms with Crippen LogP contribution < -0.4 is 0 Å². The Morgan fingerprint density at radius 1 is 0.523 bits per heavy atom. The molecule has 252 valence electrons. The Labute approximate surface area is 271 Å². The normalized spacial score (nSPS) is 12.9. The first-order chi connectivity index (χ1) is 21.6. The topological polar surface area (TPSA) is 72.8 Å². The molecule has 0 unspecified atom stereocenters. The lowest BCUT2D eigenvalue weighted by Crippen LogP contribution is -2.28. The zero-order valence-electron chi connectivity index (χ0n) is 28.4. The Morgan fingerprint density at radius 3 is 1.45 bits per heavy atom. The molecular weight excluding hydrogens is 548 g/mol. The van der Waals surface area contributed by atoms with Gasteiger partial charge >= 0.3 is 11.9 Å². The molecule has 0 fully saturated rings. The highest BCUT2D eigenvalue weighted by Gasteiger charge is 2.15. The summed E-state index contributed by atoms with van der Waals surface area (Å²) in [4.78, 5) is 24.1. The average molecular weight is 615 g/mol. The van der Waals surface area contributed by atoms with Gasteiger partial charge in [0.15, 0.2) is 6.10 Å². The fraction of sp³-hybridized carbons (Fsp3) is 0.692. The number of hydrogen-bond acceptors (Lipinski definition) is 5. The molecule has 1 N–H and O–H groups in total. The molecule has 0 aromatic rings. The summed E-state index contributed by atoms with van der Waals surface area (Å²) in [5.41, 5.74) is 0. The molecule has 0 bridgehead atoms. The van der Waals surface area contributed by atoms with Gasteiger partial charge in [0.1, 0.15) is 6.61 Å². The third kappa shape index (κ3) is 32.5. The van der Waals surface area contributed by atoms with Crippen molar-refractivity contribution in [3.8, 4) is 0 Å². The van der Waals surface area contributed by atoms with E-state index in [0.29, 0.717) is 12.8 Å². The van der Waals surface area contributed by atoms with Gasteiger partial charge < -0.3 is 14.6 Å². The maximum Gasteiger partial charge on any atom is 0.306 e. The second kappa shape index (κ2) is 35.1. The predicted molar refractivity (Wildman–Crippen MR) is 187 cm³/mol. The molecule has 0 aliphatic carbocycles. The molecule has 0 aliphatic heterocycles. The van der Waals surface area contributed by atoms with E-state index >= 15 is 0 Å². The van der Waals surface area contributed by atoms with Crippen LogP contribution in [0, 0.1) is 0 Å². The van der Waals surface area contributed by atoms with Crippen molar-refractivity contribution in [1.82, 2.24) is 0 Å². The first kappa shape index (κ1) is 41.6. The summed E-state index contributed by atoms with van der Waals surface area (Å²) in [6.45, 7) is 4.01. The van der Waals surface area contributed by atoms with Crippen LogP contribution in [0.15, 0.2) is 60.8 Å². The Bertz CT molecular complexity index is 792. The van der Waals surface area contributed by atoms with Crippen molar-refractivity contribution in [3.63, 3.8) is 0 Å². The number of carbonyl (C=O) groups excluding carboxylic acids is 2. The smallest absolute Gasteiger partial charge is 0.306 e. The molecule has 0 saturated heterocycles. The SMILES string of the molecule is CCCCC/C=C\C/C=C\C/C=C\C/C=C\C/C=C\CCC(=O)OC[C@H](CO)OC(=O)CCCCCCCCCCCCC. The van der Waals surface area contributed by atoms with E-state index in [1.54, 1.807) is 0 Å². The summed E-state index contributed by atoms with van der Waals surface area (Å²) in [6.07, 6.45) is 44.3. The minimum absolute atomic E-state index is 0.106. The molecule has 1 atom stereocenters. The van der Waals surface area contributed by atoms with Gasteiger partial charge in [0.05, 0.1) is 6.61 Å². The van der Waals surface area contributed by atoms with Crippen molar-refractivity contribution in [1.29, 1.82) is 0 Å². The van der Waals surface area contributed by atoms with Gasteiger partial charge in [-0.3, -0.25) is 9.59 Å². The largest absolute Gasteiger partial charge is 0.462 e. The van der Waals surface area contributed by atoms with E-state index in [1.165, 1.54) is 77.0 Å². The molecular formula is C39H66O5. The van der Waals surface area contributed by atoms with Gasteiger partial charge in [0, 0.05) is 12.8 Å². The van der Waals surface area contributed by atoms with Gasteiger partial charge in [-0.2, -0.15) is 0 Å². The molecule has 5 heteroatoms. The highest BCUT2D eigenvalue weighted by molar-refractivity contribution is 5.70. The minimum Gasteiger partial charge on any atom is -0.462 e. The first-order valence-electron chi connectivity index (χ1n) is 17.8. The lowest BCUT2D eigenvalue weighted by Gasteiger charge is -2.15. The van der Waals surface area contributed by atoms with Gasteiger partial charge in [-0.25, -0.2) is 0 Å². The average Bonchev–Trinajstić information content (AvgIpc) is 3.02. The van der Waals surface area contributed by atoms with E-state index < -0.39 is 6.10 Å². The van der Waals surface area contributed by atoms with Crippen molar-refractivity contribution >= 4 is 11.9 Å². The Balaban J connectivity index is 3.74. The zero-order valence-corrected chi connectivity index (χ0v) is 28.4. The molecule has 5 nitrogen and oxygen atoms in total. The number of esters is 2. The lowest BCUT2D eigenvalue weighted by atomic mass is 10.1. The van der Waals surface area contributed by atoms with Crippen LogP contribution in [0.3, 0.4) is 0 Å². The van der Waals surface area contributed by atoms with Crippen molar-refractivity contribution in [2.75, 3.05) is 13.2 Å². The third-order valence-corrected chi connectivity index (χ3v) is 7.33. The number of unbranched alkanes of at least 4 members (excludes halogenated alkanes) is 13. The maximum absolute atomic E-state index is 12.1. The second-order valence-electron chi connectivity index (χ2n) is 11.6. The highest BCUT2D eigenvalue weighted by Crippen LogP contribution is 2.12. The zero-order chi connectivity index (χ0) is 32.2. The summed E-state index contributed by atoms with van der Waals surface area (Å²) in [7, 11) is 0. The lowest BCUT2D eigenvalue weighted by molar-refractivity contribution is -0.161. The third-order valence-electron chi connectivity index (χ3n) is 7.33. The number of carbonyl (C=O) groups is 2. The molecule has 0 aromatic heterocycles. The van der Waals surface area contributed by atoms with Crippen molar-refractivity contribution in [2.24, 2.45) is 0 Å². The highest BCUT2D eigenvalue weighted by atomic mass is 16.6. The van der Waals surface area contributed by atoms with Crippen LogP contribution in [0.1, 0.15) is 155 Å². The minimum atomic E-state index is -0.799. The van der Waals surface area contributed by atoms with Gasteiger partial charge in [0.25, 0.3) is 0 Å². The second-order valence-corrected chi connectivity index (χ2v) is 11.6. The fourth-order valence-electron chi connectivity index (χ4n) is 4.59. The van der Waals surface area contributed by atoms with Crippen LogP contribution in [0.5, 0.6) is 0 Å².